The van der Waals surface area contributed by atoms with Crippen LogP contribution in [0.1, 0.15) is 19.8 Å². The third-order valence-electron chi connectivity index (χ3n) is 5.01. The predicted molar refractivity (Wildman–Crippen MR) is 101 cm³/mol. The van der Waals surface area contributed by atoms with Gasteiger partial charge in [-0.2, -0.15) is 0 Å². The van der Waals surface area contributed by atoms with Gasteiger partial charge in [0.2, 0.25) is 0 Å². The van der Waals surface area contributed by atoms with E-state index in [2.05, 4.69) is 15.6 Å². The molecule has 1 saturated carbocycles. The second-order valence-electron chi connectivity index (χ2n) is 6.78. The van der Waals surface area contributed by atoms with Crippen LogP contribution in [0.15, 0.2) is 29.1 Å². The maximum atomic E-state index is 12.0. The minimum atomic E-state index is -0.835. The number of hydrogen-bond acceptors (Lipinski definition) is 4. The Labute approximate surface area is 156 Å². The van der Waals surface area contributed by atoms with E-state index in [1.54, 1.807) is 4.57 Å². The van der Waals surface area contributed by atoms with Crippen molar-refractivity contribution < 1.29 is 14.7 Å². The number of benzene rings is 1. The Kier molecular flexibility index (Phi) is 5.80. The molecule has 2 aromatic rings. The van der Waals surface area contributed by atoms with Crippen molar-refractivity contribution in [1.82, 2.24) is 25.1 Å². The van der Waals surface area contributed by atoms with Crippen LogP contribution in [0, 0.1) is 0 Å². The van der Waals surface area contributed by atoms with Crippen molar-refractivity contribution in [2.24, 2.45) is 0 Å². The molecule has 1 aromatic heterocycles. The lowest BCUT2D eigenvalue weighted by molar-refractivity contribution is -0.139. The molecular weight excluding hydrogens is 350 g/mol. The van der Waals surface area contributed by atoms with Crippen LogP contribution in [0.5, 0.6) is 0 Å². The van der Waals surface area contributed by atoms with E-state index in [9.17, 15) is 14.4 Å². The van der Waals surface area contributed by atoms with Gasteiger partial charge in [-0.05, 0) is 31.5 Å². The summed E-state index contributed by atoms with van der Waals surface area (Å²) in [5.41, 5.74) is 1.39. The highest BCUT2D eigenvalue weighted by atomic mass is 16.4. The van der Waals surface area contributed by atoms with Crippen molar-refractivity contribution in [2.75, 3.05) is 19.6 Å². The number of aromatic nitrogens is 2. The van der Waals surface area contributed by atoms with Gasteiger partial charge >= 0.3 is 17.7 Å². The number of fused-ring (bicyclic) bond motifs is 1. The van der Waals surface area contributed by atoms with E-state index < -0.39 is 5.97 Å². The lowest BCUT2D eigenvalue weighted by Gasteiger charge is -2.42. The first-order valence-electron chi connectivity index (χ1n) is 9.15. The lowest BCUT2D eigenvalue weighted by atomic mass is 9.85. The number of H-pyrrole nitrogens is 1. The molecule has 146 valence electrons. The van der Waals surface area contributed by atoms with Crippen LogP contribution in [0.4, 0.5) is 4.79 Å². The first kappa shape index (κ1) is 19.0. The standard InChI is InChI=1S/C18H25N5O4/c1-2-22(11-16(24)25)13-9-12(10-13)20-17(26)19-7-8-23-15-6-4-3-5-14(15)21-18(23)27/h3-6,12-13H,2,7-11H2,1H3,(H,21,27)(H,24,25)(H2,19,20,26). The molecule has 1 aromatic carbocycles. The Hall–Kier alpha value is -2.81. The molecule has 0 aliphatic heterocycles. The third-order valence-corrected chi connectivity index (χ3v) is 5.01. The highest BCUT2D eigenvalue weighted by Gasteiger charge is 2.34. The smallest absolute Gasteiger partial charge is 0.326 e. The van der Waals surface area contributed by atoms with Crippen LogP contribution in [0.2, 0.25) is 0 Å². The molecule has 1 aliphatic carbocycles. The zero-order chi connectivity index (χ0) is 19.4. The van der Waals surface area contributed by atoms with Crippen LogP contribution in [-0.4, -0.2) is 63.3 Å². The van der Waals surface area contributed by atoms with Gasteiger partial charge in [-0.1, -0.05) is 19.1 Å². The molecule has 1 aliphatic rings. The van der Waals surface area contributed by atoms with Gasteiger partial charge in [0.25, 0.3) is 0 Å². The Balaban J connectivity index is 1.41. The van der Waals surface area contributed by atoms with E-state index in [4.69, 9.17) is 5.11 Å². The summed E-state index contributed by atoms with van der Waals surface area (Å²) in [6, 6.07) is 7.39. The second kappa shape index (κ2) is 8.26. The third kappa shape index (κ3) is 4.48. The van der Waals surface area contributed by atoms with Gasteiger partial charge < -0.3 is 20.7 Å². The topological polar surface area (TPSA) is 119 Å². The maximum Gasteiger partial charge on any atom is 0.326 e. The Morgan fingerprint density at radius 3 is 2.78 bits per heavy atom. The highest BCUT2D eigenvalue weighted by Crippen LogP contribution is 2.25. The van der Waals surface area contributed by atoms with E-state index in [0.29, 0.717) is 19.6 Å². The van der Waals surface area contributed by atoms with Crippen LogP contribution in [0.25, 0.3) is 11.0 Å². The second-order valence-corrected chi connectivity index (χ2v) is 6.78. The molecule has 0 spiro atoms. The summed E-state index contributed by atoms with van der Waals surface area (Å²) < 4.78 is 1.60. The number of imidazole rings is 1. The molecule has 2 amide bonds. The van der Waals surface area contributed by atoms with Crippen molar-refractivity contribution in [2.45, 2.75) is 38.4 Å². The van der Waals surface area contributed by atoms with Crippen molar-refractivity contribution >= 4 is 23.0 Å². The van der Waals surface area contributed by atoms with Crippen molar-refractivity contribution in [1.29, 1.82) is 0 Å². The van der Waals surface area contributed by atoms with E-state index in [-0.39, 0.29) is 30.3 Å². The monoisotopic (exact) mass is 375 g/mol. The summed E-state index contributed by atoms with van der Waals surface area (Å²) in [4.78, 5) is 39.5. The van der Waals surface area contributed by atoms with Crippen LogP contribution in [-0.2, 0) is 11.3 Å². The summed E-state index contributed by atoms with van der Waals surface area (Å²) in [5, 5.41) is 14.6. The number of carboxylic acids is 1. The quantitative estimate of drug-likeness (QED) is 0.538. The summed E-state index contributed by atoms with van der Waals surface area (Å²) >= 11 is 0. The molecular formula is C18H25N5O4. The number of carbonyl (C=O) groups excluding carboxylic acids is 1. The molecule has 0 radical (unpaired) electrons. The number of likely N-dealkylation sites (N-methyl/N-ethyl adjacent to an activating group) is 1. The zero-order valence-corrected chi connectivity index (χ0v) is 15.3. The number of carboxylic acid groups (broad SMARTS) is 1. The number of nitrogens with zero attached hydrogens (tertiary/aromatic N) is 2. The molecule has 1 heterocycles. The SMILES string of the molecule is CCN(CC(=O)O)C1CC(NC(=O)NCCn2c(=O)[nH]c3ccccc32)C1. The number of urea groups is 1. The van der Waals surface area contributed by atoms with E-state index in [1.807, 2.05) is 36.1 Å². The number of carbonyl (C=O) groups is 2. The van der Waals surface area contributed by atoms with Gasteiger partial charge in [-0.3, -0.25) is 14.3 Å². The van der Waals surface area contributed by atoms with Gasteiger partial charge in [0.15, 0.2) is 0 Å². The Bertz CT molecular complexity index is 868. The van der Waals surface area contributed by atoms with E-state index >= 15 is 0 Å². The van der Waals surface area contributed by atoms with Crippen molar-refractivity contribution in [3.05, 3.63) is 34.7 Å². The fraction of sp³-hybridized carbons (Fsp3) is 0.500. The number of rotatable bonds is 8. The number of aromatic amines is 1. The first-order chi connectivity index (χ1) is 13.0. The molecule has 0 atom stereocenters. The molecule has 27 heavy (non-hydrogen) atoms. The molecule has 9 nitrogen and oxygen atoms in total. The van der Waals surface area contributed by atoms with Gasteiger partial charge in [-0.25, -0.2) is 9.59 Å². The minimum Gasteiger partial charge on any atom is -0.480 e. The Morgan fingerprint density at radius 2 is 2.07 bits per heavy atom. The number of aliphatic carboxylic acids is 1. The molecule has 3 rings (SSSR count). The summed E-state index contributed by atoms with van der Waals surface area (Å²) in [6.07, 6.45) is 1.49. The average molecular weight is 375 g/mol. The van der Waals surface area contributed by atoms with Crippen molar-refractivity contribution in [3.63, 3.8) is 0 Å². The highest BCUT2D eigenvalue weighted by molar-refractivity contribution is 5.75. The fourth-order valence-corrected chi connectivity index (χ4v) is 3.52. The van der Waals surface area contributed by atoms with Crippen LogP contribution < -0.4 is 16.3 Å². The largest absolute Gasteiger partial charge is 0.480 e. The van der Waals surface area contributed by atoms with Gasteiger partial charge in [0, 0.05) is 25.2 Å². The number of nitrogens with one attached hydrogen (secondary N) is 3. The van der Waals surface area contributed by atoms with E-state index in [1.165, 1.54) is 0 Å². The number of hydrogen-bond donors (Lipinski definition) is 4. The molecule has 0 saturated heterocycles. The first-order valence-corrected chi connectivity index (χ1v) is 9.15. The summed E-state index contributed by atoms with van der Waals surface area (Å²) in [6.45, 7) is 3.35. The Morgan fingerprint density at radius 1 is 1.33 bits per heavy atom. The fourth-order valence-electron chi connectivity index (χ4n) is 3.52. The van der Waals surface area contributed by atoms with Crippen molar-refractivity contribution in [3.8, 4) is 0 Å². The minimum absolute atomic E-state index is 0.0272. The van der Waals surface area contributed by atoms with Gasteiger partial charge in [0.1, 0.15) is 0 Å². The maximum absolute atomic E-state index is 12.0. The lowest BCUT2D eigenvalue weighted by Crippen LogP contribution is -2.56. The van der Waals surface area contributed by atoms with Crippen LogP contribution >= 0.6 is 0 Å². The average Bonchev–Trinajstić information content (AvgIpc) is 2.91. The normalized spacial score (nSPS) is 19.0. The van der Waals surface area contributed by atoms with Gasteiger partial charge in [-0.15, -0.1) is 0 Å². The van der Waals surface area contributed by atoms with E-state index in [0.717, 1.165) is 23.9 Å². The number of para-hydroxylation sites is 2. The zero-order valence-electron chi connectivity index (χ0n) is 15.3. The molecule has 9 heteroatoms. The predicted octanol–water partition coefficient (Wildman–Crippen LogP) is 0.566. The molecule has 0 bridgehead atoms. The summed E-state index contributed by atoms with van der Waals surface area (Å²) in [7, 11) is 0. The molecule has 4 N–H and O–H groups in total. The van der Waals surface area contributed by atoms with Crippen LogP contribution in [0.3, 0.4) is 0 Å². The molecule has 1 fully saturated rings. The summed E-state index contributed by atoms with van der Waals surface area (Å²) in [5.74, 6) is -0.835. The van der Waals surface area contributed by atoms with Gasteiger partial charge in [0.05, 0.1) is 17.6 Å². The molecule has 0 unspecified atom stereocenters. The number of amides is 2.